The maximum atomic E-state index is 12.4. The van der Waals surface area contributed by atoms with Gasteiger partial charge in [0, 0.05) is 12.1 Å². The number of hydrogen-bond donors (Lipinski definition) is 4. The van der Waals surface area contributed by atoms with E-state index in [1.807, 2.05) is 30.3 Å². The van der Waals surface area contributed by atoms with Crippen molar-refractivity contribution in [1.82, 2.24) is 4.90 Å². The van der Waals surface area contributed by atoms with Crippen molar-refractivity contribution in [3.05, 3.63) is 35.9 Å². The lowest BCUT2D eigenvalue weighted by molar-refractivity contribution is -0.155. The molecule has 2 aliphatic rings. The fourth-order valence-electron chi connectivity index (χ4n) is 4.34. The van der Waals surface area contributed by atoms with E-state index in [0.29, 0.717) is 25.0 Å². The van der Waals surface area contributed by atoms with Gasteiger partial charge in [-0.25, -0.2) is 0 Å². The Morgan fingerprint density at radius 1 is 1.16 bits per heavy atom. The van der Waals surface area contributed by atoms with E-state index in [1.165, 1.54) is 12.8 Å². The Morgan fingerprint density at radius 3 is 2.29 bits per heavy atom. The van der Waals surface area contributed by atoms with Gasteiger partial charge in [0.15, 0.2) is 0 Å². The molecule has 2 heterocycles. The van der Waals surface area contributed by atoms with Gasteiger partial charge in [0.25, 0.3) is 0 Å². The van der Waals surface area contributed by atoms with Crippen LogP contribution in [0, 0.1) is 0 Å². The Morgan fingerprint density at radius 2 is 1.77 bits per heavy atom. The minimum absolute atomic E-state index is 0.00367. The van der Waals surface area contributed by atoms with E-state index in [1.54, 1.807) is 0 Å². The average molecular weight is 436 g/mol. The minimum Gasteiger partial charge on any atom is -0.480 e. The second-order valence-electron chi connectivity index (χ2n) is 8.46. The first-order chi connectivity index (χ1) is 14.9. The molecule has 0 aromatic heterocycles. The second kappa shape index (κ2) is 12.8. The number of fused-ring (bicyclic) bond motifs is 2. The topological polar surface area (TPSA) is 139 Å². The summed E-state index contributed by atoms with van der Waals surface area (Å²) in [5, 5.41) is 17.9. The standard InChI is InChI=1S/C17H23NO3.C6H14N2O2/c1-18-13-7-8-14(18)10-15(9-13)21-17(20)16(11-19)12-5-3-2-4-6-12;7-4-2-1-3-5(8)6(9)10/h2-6,13-16,19H,7-11H2,1H3;5H,1-4,7-8H2,(H,9,10)/t13-,14+,15?,16?;. The number of nitrogens with two attached hydrogens (primary N) is 2. The van der Waals surface area contributed by atoms with Gasteiger partial charge in [-0.1, -0.05) is 36.8 Å². The normalized spacial score (nSPS) is 24.6. The Labute approximate surface area is 184 Å². The number of esters is 1. The van der Waals surface area contributed by atoms with Crippen molar-refractivity contribution in [2.45, 2.75) is 75.1 Å². The summed E-state index contributed by atoms with van der Waals surface area (Å²) in [4.78, 5) is 24.9. The number of carbonyl (C=O) groups is 2. The third kappa shape index (κ3) is 7.57. The number of aliphatic hydroxyl groups excluding tert-OH is 1. The quantitative estimate of drug-likeness (QED) is 0.338. The molecule has 6 N–H and O–H groups in total. The number of benzene rings is 1. The largest absolute Gasteiger partial charge is 0.480 e. The zero-order valence-electron chi connectivity index (χ0n) is 18.4. The number of rotatable bonds is 9. The van der Waals surface area contributed by atoms with Crippen LogP contribution in [0.25, 0.3) is 0 Å². The lowest BCUT2D eigenvalue weighted by atomic mass is 9.98. The summed E-state index contributed by atoms with van der Waals surface area (Å²) in [6.07, 6.45) is 6.42. The van der Waals surface area contributed by atoms with Crippen LogP contribution in [0.3, 0.4) is 0 Å². The summed E-state index contributed by atoms with van der Waals surface area (Å²) < 4.78 is 5.70. The lowest BCUT2D eigenvalue weighted by Gasteiger charge is -2.36. The molecule has 3 rings (SSSR count). The zero-order valence-corrected chi connectivity index (χ0v) is 18.4. The van der Waals surface area contributed by atoms with E-state index in [9.17, 15) is 14.7 Å². The fourth-order valence-corrected chi connectivity index (χ4v) is 4.34. The maximum Gasteiger partial charge on any atom is 0.320 e. The molecule has 0 saturated carbocycles. The van der Waals surface area contributed by atoms with Crippen LogP contribution in [0.1, 0.15) is 56.4 Å². The molecule has 8 heteroatoms. The highest BCUT2D eigenvalue weighted by atomic mass is 16.5. The molecule has 174 valence electrons. The van der Waals surface area contributed by atoms with Gasteiger partial charge in [-0.3, -0.25) is 9.59 Å². The van der Waals surface area contributed by atoms with Crippen LogP contribution in [0.15, 0.2) is 30.3 Å². The molecule has 0 amide bonds. The molecule has 0 radical (unpaired) electrons. The summed E-state index contributed by atoms with van der Waals surface area (Å²) >= 11 is 0. The van der Waals surface area contributed by atoms with Gasteiger partial charge >= 0.3 is 11.9 Å². The van der Waals surface area contributed by atoms with Gasteiger partial charge in [-0.05, 0) is 57.7 Å². The number of carboxylic acids is 1. The van der Waals surface area contributed by atoms with Crippen LogP contribution in [-0.2, 0) is 14.3 Å². The highest BCUT2D eigenvalue weighted by molar-refractivity contribution is 5.78. The smallest absolute Gasteiger partial charge is 0.320 e. The van der Waals surface area contributed by atoms with E-state index in [4.69, 9.17) is 21.3 Å². The first kappa shape index (κ1) is 25.3. The number of carboxylic acid groups (broad SMARTS) is 1. The Hall–Kier alpha value is -2.00. The first-order valence-electron chi connectivity index (χ1n) is 11.1. The number of piperidine rings is 1. The number of nitrogens with zero attached hydrogens (tertiary/aromatic N) is 1. The third-order valence-electron chi connectivity index (χ3n) is 6.29. The van der Waals surface area contributed by atoms with Crippen LogP contribution in [0.5, 0.6) is 0 Å². The molecule has 2 bridgehead atoms. The first-order valence-corrected chi connectivity index (χ1v) is 11.1. The Bertz CT molecular complexity index is 673. The van der Waals surface area contributed by atoms with E-state index < -0.39 is 17.9 Å². The molecule has 1 aromatic carbocycles. The van der Waals surface area contributed by atoms with Crippen LogP contribution in [0.4, 0.5) is 0 Å². The SMILES string of the molecule is CN1[C@@H]2CC[C@H]1CC(OC(=O)C(CO)c1ccccc1)C2.NCCCCC(N)C(=O)O. The molecular formula is C23H37N3O5. The summed E-state index contributed by atoms with van der Waals surface area (Å²) in [5.74, 6) is -1.79. The van der Waals surface area contributed by atoms with Crippen molar-refractivity contribution in [2.24, 2.45) is 11.5 Å². The molecule has 3 unspecified atom stereocenters. The molecule has 8 nitrogen and oxygen atoms in total. The molecular weight excluding hydrogens is 398 g/mol. The Kier molecular flexibility index (Phi) is 10.4. The zero-order chi connectivity index (χ0) is 22.8. The van der Waals surface area contributed by atoms with Crippen molar-refractivity contribution in [2.75, 3.05) is 20.2 Å². The summed E-state index contributed by atoms with van der Waals surface area (Å²) in [7, 11) is 2.17. The number of unbranched alkanes of at least 4 members (excludes halogenated alkanes) is 1. The van der Waals surface area contributed by atoms with Gasteiger partial charge < -0.3 is 31.3 Å². The van der Waals surface area contributed by atoms with Crippen LogP contribution in [-0.4, -0.2) is 71.5 Å². The molecule has 2 aliphatic heterocycles. The molecule has 2 saturated heterocycles. The lowest BCUT2D eigenvalue weighted by Crippen LogP contribution is -2.43. The van der Waals surface area contributed by atoms with E-state index in [-0.39, 0.29) is 18.7 Å². The molecule has 0 aliphatic carbocycles. The second-order valence-corrected chi connectivity index (χ2v) is 8.46. The maximum absolute atomic E-state index is 12.4. The van der Waals surface area contributed by atoms with Gasteiger partial charge in [0.1, 0.15) is 18.1 Å². The van der Waals surface area contributed by atoms with Crippen molar-refractivity contribution in [1.29, 1.82) is 0 Å². The predicted molar refractivity (Wildman–Crippen MR) is 118 cm³/mol. The van der Waals surface area contributed by atoms with Crippen molar-refractivity contribution >= 4 is 11.9 Å². The van der Waals surface area contributed by atoms with Crippen LogP contribution >= 0.6 is 0 Å². The van der Waals surface area contributed by atoms with E-state index >= 15 is 0 Å². The number of aliphatic hydroxyl groups is 1. The predicted octanol–water partition coefficient (Wildman–Crippen LogP) is 1.46. The van der Waals surface area contributed by atoms with E-state index in [0.717, 1.165) is 31.2 Å². The summed E-state index contributed by atoms with van der Waals surface area (Å²) in [6, 6.07) is 9.75. The van der Waals surface area contributed by atoms with Crippen LogP contribution < -0.4 is 11.5 Å². The van der Waals surface area contributed by atoms with Gasteiger partial charge in [0.05, 0.1) is 6.61 Å². The third-order valence-corrected chi connectivity index (χ3v) is 6.29. The average Bonchev–Trinajstić information content (AvgIpc) is 2.96. The number of aliphatic carboxylic acids is 1. The summed E-state index contributed by atoms with van der Waals surface area (Å²) in [6.45, 7) is 0.397. The number of carbonyl (C=O) groups excluding carboxylic acids is 1. The molecule has 0 spiro atoms. The highest BCUT2D eigenvalue weighted by Gasteiger charge is 2.40. The van der Waals surface area contributed by atoms with Crippen molar-refractivity contribution in [3.8, 4) is 0 Å². The molecule has 1 aromatic rings. The fraction of sp³-hybridized carbons (Fsp3) is 0.652. The monoisotopic (exact) mass is 435 g/mol. The van der Waals surface area contributed by atoms with E-state index in [2.05, 4.69) is 11.9 Å². The van der Waals surface area contributed by atoms with Crippen LogP contribution in [0.2, 0.25) is 0 Å². The molecule has 31 heavy (non-hydrogen) atoms. The Balaban J connectivity index is 0.000000291. The van der Waals surface area contributed by atoms with Crippen molar-refractivity contribution in [3.63, 3.8) is 0 Å². The van der Waals surface area contributed by atoms with Crippen molar-refractivity contribution < 1.29 is 24.5 Å². The number of hydrogen-bond acceptors (Lipinski definition) is 7. The van der Waals surface area contributed by atoms with Gasteiger partial charge in [-0.2, -0.15) is 0 Å². The molecule has 5 atom stereocenters. The highest BCUT2D eigenvalue weighted by Crippen LogP contribution is 2.36. The molecule has 2 fully saturated rings. The summed E-state index contributed by atoms with van der Waals surface area (Å²) in [5.41, 5.74) is 11.2. The van der Waals surface area contributed by atoms with Gasteiger partial charge in [-0.15, -0.1) is 0 Å². The van der Waals surface area contributed by atoms with Gasteiger partial charge in [0.2, 0.25) is 0 Å². The number of ether oxygens (including phenoxy) is 1. The minimum atomic E-state index is -0.933.